The van der Waals surface area contributed by atoms with E-state index >= 15 is 0 Å². The largest absolute Gasteiger partial charge is 0.320 e. The average molecular weight is 327 g/mol. The number of rotatable bonds is 2. The van der Waals surface area contributed by atoms with Crippen molar-refractivity contribution in [3.63, 3.8) is 0 Å². The van der Waals surface area contributed by atoms with Crippen molar-refractivity contribution >= 4 is 26.8 Å². The monoisotopic (exact) mass is 326 g/mol. The standard InChI is InChI=1S/C17H15BrN2/c1-11-9-13(6-7-15(11)18)17(19)14-5-4-12-3-2-8-20-16(12)10-14/h2-10,17H,19H2,1H3. The van der Waals surface area contributed by atoms with Crippen LogP contribution in [0.2, 0.25) is 0 Å². The Bertz CT molecular complexity index is 768. The molecule has 0 aliphatic heterocycles. The molecule has 0 saturated heterocycles. The van der Waals surface area contributed by atoms with Crippen molar-refractivity contribution in [2.75, 3.05) is 0 Å². The fourth-order valence-corrected chi connectivity index (χ4v) is 2.58. The van der Waals surface area contributed by atoms with Crippen molar-refractivity contribution < 1.29 is 0 Å². The number of aryl methyl sites for hydroxylation is 1. The molecule has 0 saturated carbocycles. The first-order valence-corrected chi connectivity index (χ1v) is 7.31. The fourth-order valence-electron chi connectivity index (χ4n) is 2.33. The second kappa shape index (κ2) is 5.35. The fraction of sp³-hybridized carbons (Fsp3) is 0.118. The van der Waals surface area contributed by atoms with E-state index < -0.39 is 0 Å². The lowest BCUT2D eigenvalue weighted by Gasteiger charge is -2.14. The van der Waals surface area contributed by atoms with Crippen LogP contribution in [0.3, 0.4) is 0 Å². The van der Waals surface area contributed by atoms with Gasteiger partial charge in [0.15, 0.2) is 0 Å². The summed E-state index contributed by atoms with van der Waals surface area (Å²) in [6.45, 7) is 2.07. The molecule has 3 aromatic rings. The number of hydrogen-bond acceptors (Lipinski definition) is 2. The first-order chi connectivity index (χ1) is 9.65. The maximum Gasteiger partial charge on any atom is 0.0705 e. The molecule has 20 heavy (non-hydrogen) atoms. The minimum Gasteiger partial charge on any atom is -0.320 e. The van der Waals surface area contributed by atoms with Gasteiger partial charge in [-0.3, -0.25) is 4.98 Å². The third-order valence-corrected chi connectivity index (χ3v) is 4.42. The lowest BCUT2D eigenvalue weighted by molar-refractivity contribution is 0.870. The summed E-state index contributed by atoms with van der Waals surface area (Å²) in [5.41, 5.74) is 10.7. The zero-order valence-electron chi connectivity index (χ0n) is 11.2. The van der Waals surface area contributed by atoms with Crippen LogP contribution in [-0.4, -0.2) is 4.98 Å². The van der Waals surface area contributed by atoms with Gasteiger partial charge in [-0.1, -0.05) is 46.3 Å². The lowest BCUT2D eigenvalue weighted by Crippen LogP contribution is -2.12. The summed E-state index contributed by atoms with van der Waals surface area (Å²) < 4.78 is 1.11. The van der Waals surface area contributed by atoms with E-state index in [9.17, 15) is 0 Å². The van der Waals surface area contributed by atoms with Gasteiger partial charge in [-0.25, -0.2) is 0 Å². The molecule has 2 N–H and O–H groups in total. The van der Waals surface area contributed by atoms with Crippen molar-refractivity contribution in [3.8, 4) is 0 Å². The number of hydrogen-bond donors (Lipinski definition) is 1. The second-order valence-electron chi connectivity index (χ2n) is 4.94. The zero-order valence-corrected chi connectivity index (χ0v) is 12.8. The van der Waals surface area contributed by atoms with Gasteiger partial charge in [0.1, 0.15) is 0 Å². The van der Waals surface area contributed by atoms with Crippen LogP contribution in [0.15, 0.2) is 59.2 Å². The highest BCUT2D eigenvalue weighted by Gasteiger charge is 2.10. The molecular weight excluding hydrogens is 312 g/mol. The van der Waals surface area contributed by atoms with Gasteiger partial charge < -0.3 is 5.73 Å². The van der Waals surface area contributed by atoms with Crippen LogP contribution in [0.4, 0.5) is 0 Å². The quantitative estimate of drug-likeness (QED) is 0.760. The van der Waals surface area contributed by atoms with Gasteiger partial charge in [0.25, 0.3) is 0 Å². The minimum atomic E-state index is -0.131. The van der Waals surface area contributed by atoms with Gasteiger partial charge >= 0.3 is 0 Å². The molecule has 100 valence electrons. The molecule has 0 amide bonds. The van der Waals surface area contributed by atoms with Crippen LogP contribution in [0.1, 0.15) is 22.7 Å². The molecular formula is C17H15BrN2. The van der Waals surface area contributed by atoms with Gasteiger partial charge in [0.2, 0.25) is 0 Å². The smallest absolute Gasteiger partial charge is 0.0705 e. The van der Waals surface area contributed by atoms with Gasteiger partial charge in [0.05, 0.1) is 11.6 Å². The lowest BCUT2D eigenvalue weighted by atomic mass is 9.97. The summed E-state index contributed by atoms with van der Waals surface area (Å²) in [6, 6.07) is 16.3. The Labute approximate surface area is 126 Å². The predicted octanol–water partition coefficient (Wildman–Crippen LogP) is 4.35. The highest BCUT2D eigenvalue weighted by atomic mass is 79.9. The Kier molecular flexibility index (Phi) is 3.55. The van der Waals surface area contributed by atoms with Crippen molar-refractivity contribution in [2.24, 2.45) is 5.73 Å². The molecule has 1 aromatic heterocycles. The maximum atomic E-state index is 6.38. The topological polar surface area (TPSA) is 38.9 Å². The first kappa shape index (κ1) is 13.3. The van der Waals surface area contributed by atoms with E-state index in [0.717, 1.165) is 26.5 Å². The Hall–Kier alpha value is -1.71. The van der Waals surface area contributed by atoms with Crippen LogP contribution in [0.5, 0.6) is 0 Å². The van der Waals surface area contributed by atoms with Crippen LogP contribution in [0, 0.1) is 6.92 Å². The molecule has 1 atom stereocenters. The Balaban J connectivity index is 2.02. The van der Waals surface area contributed by atoms with Gasteiger partial charge in [-0.05, 0) is 41.8 Å². The molecule has 3 rings (SSSR count). The van der Waals surface area contributed by atoms with Gasteiger partial charge in [0, 0.05) is 16.1 Å². The molecule has 0 bridgehead atoms. The summed E-state index contributed by atoms with van der Waals surface area (Å²) in [4.78, 5) is 4.39. The second-order valence-corrected chi connectivity index (χ2v) is 5.80. The van der Waals surface area contributed by atoms with Crippen LogP contribution >= 0.6 is 15.9 Å². The third-order valence-electron chi connectivity index (χ3n) is 3.53. The van der Waals surface area contributed by atoms with Crippen molar-refractivity contribution in [3.05, 3.63) is 75.9 Å². The number of nitrogens with two attached hydrogens (primary N) is 1. The van der Waals surface area contributed by atoms with Crippen molar-refractivity contribution in [2.45, 2.75) is 13.0 Å². The van der Waals surface area contributed by atoms with Crippen molar-refractivity contribution in [1.29, 1.82) is 0 Å². The molecule has 0 spiro atoms. The number of aromatic nitrogens is 1. The van der Waals surface area contributed by atoms with E-state index in [4.69, 9.17) is 5.73 Å². The molecule has 2 nitrogen and oxygen atoms in total. The third kappa shape index (κ3) is 2.47. The maximum absolute atomic E-state index is 6.38. The highest BCUT2D eigenvalue weighted by molar-refractivity contribution is 9.10. The number of pyridine rings is 1. The number of benzene rings is 2. The summed E-state index contributed by atoms with van der Waals surface area (Å²) in [6.07, 6.45) is 1.81. The molecule has 0 aliphatic rings. The van der Waals surface area contributed by atoms with Crippen LogP contribution in [0.25, 0.3) is 10.9 Å². The molecule has 0 aliphatic carbocycles. The van der Waals surface area contributed by atoms with E-state index in [1.807, 2.05) is 12.1 Å². The first-order valence-electron chi connectivity index (χ1n) is 6.51. The van der Waals surface area contributed by atoms with Crippen LogP contribution < -0.4 is 5.73 Å². The van der Waals surface area contributed by atoms with E-state index in [-0.39, 0.29) is 6.04 Å². The Morgan fingerprint density at radius 3 is 2.60 bits per heavy atom. The summed E-state index contributed by atoms with van der Waals surface area (Å²) >= 11 is 3.52. The van der Waals surface area contributed by atoms with Crippen LogP contribution in [-0.2, 0) is 0 Å². The van der Waals surface area contributed by atoms with Gasteiger partial charge in [-0.2, -0.15) is 0 Å². The van der Waals surface area contributed by atoms with E-state index in [0.29, 0.717) is 0 Å². The van der Waals surface area contributed by atoms with E-state index in [2.05, 4.69) is 64.2 Å². The summed E-state index contributed by atoms with van der Waals surface area (Å²) in [7, 11) is 0. The highest BCUT2D eigenvalue weighted by Crippen LogP contribution is 2.26. The number of fused-ring (bicyclic) bond motifs is 1. The van der Waals surface area contributed by atoms with Crippen molar-refractivity contribution in [1.82, 2.24) is 4.98 Å². The Morgan fingerprint density at radius 2 is 1.80 bits per heavy atom. The molecule has 0 radical (unpaired) electrons. The number of halogens is 1. The molecule has 1 unspecified atom stereocenters. The average Bonchev–Trinajstić information content (AvgIpc) is 2.49. The Morgan fingerprint density at radius 1 is 1.05 bits per heavy atom. The predicted molar refractivity (Wildman–Crippen MR) is 86.7 cm³/mol. The normalized spacial score (nSPS) is 12.6. The van der Waals surface area contributed by atoms with E-state index in [1.165, 1.54) is 5.56 Å². The molecule has 1 heterocycles. The minimum absolute atomic E-state index is 0.131. The SMILES string of the molecule is Cc1cc(C(N)c2ccc3cccnc3c2)ccc1Br. The number of nitrogens with zero attached hydrogens (tertiary/aromatic N) is 1. The molecule has 2 aromatic carbocycles. The van der Waals surface area contributed by atoms with E-state index in [1.54, 1.807) is 6.20 Å². The summed E-state index contributed by atoms with van der Waals surface area (Å²) in [5.74, 6) is 0. The summed E-state index contributed by atoms with van der Waals surface area (Å²) in [5, 5.41) is 1.13. The van der Waals surface area contributed by atoms with Gasteiger partial charge in [-0.15, -0.1) is 0 Å². The zero-order chi connectivity index (χ0) is 14.1. The molecule has 3 heteroatoms. The molecule has 0 fully saturated rings.